The molecule has 3 heterocycles. The third kappa shape index (κ3) is 4.09. The van der Waals surface area contributed by atoms with Crippen molar-refractivity contribution in [2.45, 2.75) is 25.9 Å². The molecule has 7 heteroatoms. The number of imidazole rings is 1. The maximum absolute atomic E-state index is 6.11. The highest BCUT2D eigenvalue weighted by Gasteiger charge is 2.26. The molecule has 1 aliphatic rings. The highest BCUT2D eigenvalue weighted by atomic mass is 16.5. The van der Waals surface area contributed by atoms with Gasteiger partial charge in [-0.05, 0) is 35.4 Å². The standard InChI is InChI=1S/C27H22N4O3/c1-3-7-19(8-4-1)16-32-22-13-11-21(12-14-22)26-29-27(34-30-26)25-23-17-33-24(15-31(23)18-28-25)20-9-5-2-6-10-20/h1-14,18,24H,15-17H2/t24-/m0/s1. The molecule has 0 aliphatic carbocycles. The molecule has 0 fully saturated rings. The van der Waals surface area contributed by atoms with Gasteiger partial charge in [0.15, 0.2) is 5.69 Å². The van der Waals surface area contributed by atoms with Crippen LogP contribution in [0, 0.1) is 0 Å². The quantitative estimate of drug-likeness (QED) is 0.342. The van der Waals surface area contributed by atoms with Crippen molar-refractivity contribution in [2.24, 2.45) is 0 Å². The van der Waals surface area contributed by atoms with Gasteiger partial charge in [0, 0.05) is 5.56 Å². The Morgan fingerprint density at radius 2 is 1.68 bits per heavy atom. The van der Waals surface area contributed by atoms with Crippen molar-refractivity contribution in [1.29, 1.82) is 0 Å². The molecule has 6 rings (SSSR count). The maximum Gasteiger partial charge on any atom is 0.278 e. The number of rotatable bonds is 6. The molecule has 3 aromatic carbocycles. The van der Waals surface area contributed by atoms with Crippen LogP contribution in [-0.2, 0) is 24.5 Å². The third-order valence-electron chi connectivity index (χ3n) is 5.89. The summed E-state index contributed by atoms with van der Waals surface area (Å²) in [6.45, 7) is 1.64. The van der Waals surface area contributed by atoms with E-state index in [1.807, 2.05) is 79.1 Å². The summed E-state index contributed by atoms with van der Waals surface area (Å²) in [7, 11) is 0. The topological polar surface area (TPSA) is 75.2 Å². The van der Waals surface area contributed by atoms with Crippen LogP contribution in [0.5, 0.6) is 5.75 Å². The Morgan fingerprint density at radius 1 is 0.912 bits per heavy atom. The van der Waals surface area contributed by atoms with Gasteiger partial charge in [0.2, 0.25) is 5.82 Å². The van der Waals surface area contributed by atoms with Crippen molar-refractivity contribution in [3.8, 4) is 28.7 Å². The summed E-state index contributed by atoms with van der Waals surface area (Å²) in [5.74, 6) is 1.67. The highest BCUT2D eigenvalue weighted by Crippen LogP contribution is 2.32. The van der Waals surface area contributed by atoms with Gasteiger partial charge in [-0.1, -0.05) is 65.8 Å². The zero-order valence-corrected chi connectivity index (χ0v) is 18.4. The molecule has 34 heavy (non-hydrogen) atoms. The summed E-state index contributed by atoms with van der Waals surface area (Å²) >= 11 is 0. The average molecular weight is 450 g/mol. The molecule has 0 unspecified atom stereocenters. The molecule has 168 valence electrons. The largest absolute Gasteiger partial charge is 0.489 e. The van der Waals surface area contributed by atoms with Crippen molar-refractivity contribution in [2.75, 3.05) is 0 Å². The van der Waals surface area contributed by atoms with E-state index < -0.39 is 0 Å². The van der Waals surface area contributed by atoms with Crippen LogP contribution < -0.4 is 4.74 Å². The Balaban J connectivity index is 1.16. The van der Waals surface area contributed by atoms with E-state index in [1.165, 1.54) is 0 Å². The monoisotopic (exact) mass is 450 g/mol. The van der Waals surface area contributed by atoms with Gasteiger partial charge in [0.25, 0.3) is 5.89 Å². The van der Waals surface area contributed by atoms with E-state index in [9.17, 15) is 0 Å². The van der Waals surface area contributed by atoms with Crippen LogP contribution in [0.2, 0.25) is 0 Å². The lowest BCUT2D eigenvalue weighted by Gasteiger charge is -2.25. The van der Waals surface area contributed by atoms with Crippen LogP contribution in [0.4, 0.5) is 0 Å². The first-order chi connectivity index (χ1) is 16.8. The normalized spacial score (nSPS) is 15.1. The number of hydrogen-bond donors (Lipinski definition) is 0. The first-order valence-electron chi connectivity index (χ1n) is 11.2. The number of aromatic nitrogens is 4. The Labute approximate surface area is 196 Å². The second kappa shape index (κ2) is 8.96. The van der Waals surface area contributed by atoms with Crippen LogP contribution >= 0.6 is 0 Å². The first kappa shape index (κ1) is 20.4. The predicted octanol–water partition coefficient (Wildman–Crippen LogP) is 5.45. The number of ether oxygens (including phenoxy) is 2. The maximum atomic E-state index is 6.11. The lowest BCUT2D eigenvalue weighted by Crippen LogP contribution is -2.20. The van der Waals surface area contributed by atoms with E-state index in [4.69, 9.17) is 14.0 Å². The van der Waals surface area contributed by atoms with Crippen molar-refractivity contribution in [3.63, 3.8) is 0 Å². The van der Waals surface area contributed by atoms with Gasteiger partial charge in [-0.15, -0.1) is 0 Å². The molecule has 1 atom stereocenters. The SMILES string of the molecule is c1ccc(COc2ccc(-c3noc(-c4ncn5c4CO[C@H](c4ccccc4)C5)n3)cc2)cc1. The van der Waals surface area contributed by atoms with E-state index in [0.29, 0.717) is 37.2 Å². The second-order valence-electron chi connectivity index (χ2n) is 8.12. The summed E-state index contributed by atoms with van der Waals surface area (Å²) in [6, 6.07) is 27.9. The minimum absolute atomic E-state index is 0.00313. The van der Waals surface area contributed by atoms with Gasteiger partial charge < -0.3 is 18.6 Å². The fraction of sp³-hybridized carbons (Fsp3) is 0.148. The fourth-order valence-corrected chi connectivity index (χ4v) is 4.05. The summed E-state index contributed by atoms with van der Waals surface area (Å²) in [4.78, 5) is 9.12. The van der Waals surface area contributed by atoms with Gasteiger partial charge in [-0.3, -0.25) is 0 Å². The van der Waals surface area contributed by atoms with Crippen LogP contribution in [0.25, 0.3) is 23.0 Å². The minimum atomic E-state index is -0.00313. The molecular weight excluding hydrogens is 428 g/mol. The van der Waals surface area contributed by atoms with Crippen LogP contribution in [-0.4, -0.2) is 19.7 Å². The summed E-state index contributed by atoms with van der Waals surface area (Å²) in [6.07, 6.45) is 1.81. The van der Waals surface area contributed by atoms with Gasteiger partial charge in [0.05, 0.1) is 25.2 Å². The zero-order valence-electron chi connectivity index (χ0n) is 18.4. The van der Waals surface area contributed by atoms with E-state index in [-0.39, 0.29) is 6.10 Å². The molecule has 0 amide bonds. The molecule has 7 nitrogen and oxygen atoms in total. The van der Waals surface area contributed by atoms with E-state index in [2.05, 4.69) is 31.8 Å². The van der Waals surface area contributed by atoms with Gasteiger partial charge in [0.1, 0.15) is 18.5 Å². The molecule has 0 bridgehead atoms. The predicted molar refractivity (Wildman–Crippen MR) is 126 cm³/mol. The molecule has 1 aliphatic heterocycles. The molecule has 0 radical (unpaired) electrons. The van der Waals surface area contributed by atoms with Crippen molar-refractivity contribution < 1.29 is 14.0 Å². The van der Waals surface area contributed by atoms with Crippen molar-refractivity contribution in [1.82, 2.24) is 19.7 Å². The number of benzene rings is 3. The molecule has 0 saturated carbocycles. The Kier molecular flexibility index (Phi) is 5.37. The van der Waals surface area contributed by atoms with E-state index in [1.54, 1.807) is 0 Å². The number of hydrogen-bond acceptors (Lipinski definition) is 6. The van der Waals surface area contributed by atoms with Crippen LogP contribution in [0.1, 0.15) is 22.9 Å². The second-order valence-corrected chi connectivity index (χ2v) is 8.12. The molecule has 2 aromatic heterocycles. The average Bonchev–Trinajstić information content (AvgIpc) is 3.56. The van der Waals surface area contributed by atoms with Gasteiger partial charge in [-0.2, -0.15) is 4.98 Å². The minimum Gasteiger partial charge on any atom is -0.489 e. The van der Waals surface area contributed by atoms with E-state index >= 15 is 0 Å². The van der Waals surface area contributed by atoms with E-state index in [0.717, 1.165) is 28.1 Å². The number of fused-ring (bicyclic) bond motifs is 1. The molecule has 0 saturated heterocycles. The lowest BCUT2D eigenvalue weighted by molar-refractivity contribution is 0.00330. The van der Waals surface area contributed by atoms with Crippen LogP contribution in [0.3, 0.4) is 0 Å². The summed E-state index contributed by atoms with van der Waals surface area (Å²) < 4.78 is 19.6. The van der Waals surface area contributed by atoms with Gasteiger partial charge in [-0.25, -0.2) is 4.98 Å². The molecule has 5 aromatic rings. The Bertz CT molecular complexity index is 1380. The molecule has 0 N–H and O–H groups in total. The Hall–Kier alpha value is -4.23. The first-order valence-corrected chi connectivity index (χ1v) is 11.2. The Morgan fingerprint density at radius 3 is 2.47 bits per heavy atom. The summed E-state index contributed by atoms with van der Waals surface area (Å²) in [5.41, 5.74) is 4.71. The smallest absolute Gasteiger partial charge is 0.278 e. The molecule has 0 spiro atoms. The van der Waals surface area contributed by atoms with Gasteiger partial charge >= 0.3 is 0 Å². The lowest BCUT2D eigenvalue weighted by atomic mass is 10.1. The fourth-order valence-electron chi connectivity index (χ4n) is 4.05. The third-order valence-corrected chi connectivity index (χ3v) is 5.89. The molecular formula is C27H22N4O3. The zero-order chi connectivity index (χ0) is 22.7. The van der Waals surface area contributed by atoms with Crippen LogP contribution in [0.15, 0.2) is 95.8 Å². The van der Waals surface area contributed by atoms with Crippen molar-refractivity contribution in [3.05, 3.63) is 108 Å². The number of nitrogens with zero attached hydrogens (tertiary/aromatic N) is 4. The summed E-state index contributed by atoms with van der Waals surface area (Å²) in [5, 5.41) is 4.16. The van der Waals surface area contributed by atoms with Crippen molar-refractivity contribution >= 4 is 0 Å². The highest BCUT2D eigenvalue weighted by molar-refractivity contribution is 5.60.